The van der Waals surface area contributed by atoms with Crippen LogP contribution in [0, 0.1) is 0 Å². The fourth-order valence-electron chi connectivity index (χ4n) is 4.36. The minimum absolute atomic E-state index is 0.0223. The Hall–Kier alpha value is -4.24. The highest BCUT2D eigenvalue weighted by atomic mass is 16.5. The molecule has 178 valence electrons. The SMILES string of the molecule is CC(C)(C)c1cc(-c2cccc(COc3ccccc3C(=O)c3ccccc3)c2)c2ncccc2c1. The zero-order chi connectivity index (χ0) is 25.1. The molecule has 0 aliphatic heterocycles. The molecule has 1 aromatic heterocycles. The molecule has 36 heavy (non-hydrogen) atoms. The third-order valence-corrected chi connectivity index (χ3v) is 6.37. The van der Waals surface area contributed by atoms with E-state index in [9.17, 15) is 4.79 Å². The van der Waals surface area contributed by atoms with Crippen LogP contribution in [0.2, 0.25) is 0 Å². The van der Waals surface area contributed by atoms with E-state index >= 15 is 0 Å². The molecule has 4 aromatic carbocycles. The maximum absolute atomic E-state index is 13.1. The van der Waals surface area contributed by atoms with Crippen molar-refractivity contribution in [1.29, 1.82) is 0 Å². The lowest BCUT2D eigenvalue weighted by atomic mass is 9.84. The van der Waals surface area contributed by atoms with Crippen molar-refractivity contribution in [2.75, 3.05) is 0 Å². The Balaban J connectivity index is 1.46. The van der Waals surface area contributed by atoms with E-state index in [-0.39, 0.29) is 11.2 Å². The van der Waals surface area contributed by atoms with E-state index in [1.54, 1.807) is 0 Å². The van der Waals surface area contributed by atoms with Gasteiger partial charge < -0.3 is 4.74 Å². The van der Waals surface area contributed by atoms with Crippen LogP contribution in [0.15, 0.2) is 109 Å². The molecule has 5 rings (SSSR count). The Kier molecular flexibility index (Phi) is 6.39. The molecule has 0 fully saturated rings. The Morgan fingerprint density at radius 2 is 1.58 bits per heavy atom. The maximum atomic E-state index is 13.1. The van der Waals surface area contributed by atoms with Gasteiger partial charge in [-0.2, -0.15) is 0 Å². The van der Waals surface area contributed by atoms with Gasteiger partial charge in [0.1, 0.15) is 12.4 Å². The largest absolute Gasteiger partial charge is 0.488 e. The first kappa shape index (κ1) is 23.5. The molecule has 5 aromatic rings. The number of hydrogen-bond acceptors (Lipinski definition) is 3. The monoisotopic (exact) mass is 471 g/mol. The topological polar surface area (TPSA) is 39.2 Å². The number of ether oxygens (including phenoxy) is 1. The van der Waals surface area contributed by atoms with Crippen molar-refractivity contribution < 1.29 is 9.53 Å². The average molecular weight is 472 g/mol. The molecular formula is C33H29NO2. The van der Waals surface area contributed by atoms with E-state index in [0.717, 1.165) is 27.6 Å². The predicted molar refractivity (Wildman–Crippen MR) is 147 cm³/mol. The highest BCUT2D eigenvalue weighted by Gasteiger charge is 2.18. The summed E-state index contributed by atoms with van der Waals surface area (Å²) < 4.78 is 6.19. The minimum Gasteiger partial charge on any atom is -0.488 e. The van der Waals surface area contributed by atoms with Crippen molar-refractivity contribution >= 4 is 16.7 Å². The average Bonchev–Trinajstić information content (AvgIpc) is 2.91. The van der Waals surface area contributed by atoms with Gasteiger partial charge in [0, 0.05) is 22.7 Å². The summed E-state index contributed by atoms with van der Waals surface area (Å²) in [7, 11) is 0. The zero-order valence-electron chi connectivity index (χ0n) is 20.9. The Morgan fingerprint density at radius 3 is 2.39 bits per heavy atom. The predicted octanol–water partition coefficient (Wildman–Crippen LogP) is 8.01. The lowest BCUT2D eigenvalue weighted by molar-refractivity contribution is 0.103. The van der Waals surface area contributed by atoms with Gasteiger partial charge in [0.25, 0.3) is 0 Å². The van der Waals surface area contributed by atoms with Gasteiger partial charge in [-0.05, 0) is 58.5 Å². The third kappa shape index (κ3) is 4.92. The summed E-state index contributed by atoms with van der Waals surface area (Å²) in [4.78, 5) is 17.8. The van der Waals surface area contributed by atoms with Crippen LogP contribution >= 0.6 is 0 Å². The number of benzene rings is 4. The summed E-state index contributed by atoms with van der Waals surface area (Å²) in [5.41, 5.74) is 6.73. The molecule has 0 aliphatic carbocycles. The van der Waals surface area contributed by atoms with Gasteiger partial charge in [-0.1, -0.05) is 87.5 Å². The number of aromatic nitrogens is 1. The van der Waals surface area contributed by atoms with Crippen molar-refractivity contribution in [2.45, 2.75) is 32.8 Å². The third-order valence-electron chi connectivity index (χ3n) is 6.37. The molecule has 0 aliphatic rings. The number of carbonyl (C=O) groups is 1. The number of fused-ring (bicyclic) bond motifs is 1. The van der Waals surface area contributed by atoms with Gasteiger partial charge in [-0.15, -0.1) is 0 Å². The van der Waals surface area contributed by atoms with Crippen molar-refractivity contribution in [3.05, 3.63) is 132 Å². The molecule has 1 heterocycles. The molecule has 0 N–H and O–H groups in total. The van der Waals surface area contributed by atoms with Crippen LogP contribution in [0.3, 0.4) is 0 Å². The van der Waals surface area contributed by atoms with E-state index in [4.69, 9.17) is 9.72 Å². The van der Waals surface area contributed by atoms with Gasteiger partial charge in [-0.25, -0.2) is 0 Å². The first-order valence-electron chi connectivity index (χ1n) is 12.2. The molecule has 0 unspecified atom stereocenters. The number of carbonyl (C=O) groups excluding carboxylic acids is 1. The van der Waals surface area contributed by atoms with Crippen molar-refractivity contribution in [3.8, 4) is 16.9 Å². The quantitative estimate of drug-likeness (QED) is 0.235. The summed E-state index contributed by atoms with van der Waals surface area (Å²) in [6.45, 7) is 7.05. The number of nitrogens with zero attached hydrogens (tertiary/aromatic N) is 1. The highest BCUT2D eigenvalue weighted by molar-refractivity contribution is 6.10. The maximum Gasteiger partial charge on any atom is 0.196 e. The Bertz CT molecular complexity index is 1530. The molecule has 0 spiro atoms. The first-order valence-corrected chi connectivity index (χ1v) is 12.2. The summed E-state index contributed by atoms with van der Waals surface area (Å²) in [5, 5.41) is 1.13. The van der Waals surface area contributed by atoms with E-state index in [1.807, 2.05) is 79.0 Å². The molecule has 0 saturated carbocycles. The molecule has 0 bridgehead atoms. The van der Waals surface area contributed by atoms with Crippen LogP contribution in [0.4, 0.5) is 0 Å². The van der Waals surface area contributed by atoms with E-state index in [2.05, 4.69) is 51.1 Å². The summed E-state index contributed by atoms with van der Waals surface area (Å²) in [6.07, 6.45) is 1.84. The first-order chi connectivity index (χ1) is 17.4. The molecule has 3 heteroatoms. The van der Waals surface area contributed by atoms with Gasteiger partial charge in [0.15, 0.2) is 5.78 Å². The summed E-state index contributed by atoms with van der Waals surface area (Å²) in [5.74, 6) is 0.537. The molecule has 0 radical (unpaired) electrons. The van der Waals surface area contributed by atoms with E-state index < -0.39 is 0 Å². The number of ketones is 1. The lowest BCUT2D eigenvalue weighted by Crippen LogP contribution is -2.11. The highest BCUT2D eigenvalue weighted by Crippen LogP contribution is 2.34. The van der Waals surface area contributed by atoms with E-state index in [1.165, 1.54) is 5.56 Å². The Labute approximate surface area is 212 Å². The Morgan fingerprint density at radius 1 is 0.806 bits per heavy atom. The van der Waals surface area contributed by atoms with Crippen LogP contribution < -0.4 is 4.74 Å². The molecule has 0 amide bonds. The molecular weight excluding hydrogens is 442 g/mol. The second-order valence-electron chi connectivity index (χ2n) is 10.0. The number of pyridine rings is 1. The fraction of sp³-hybridized carbons (Fsp3) is 0.152. The molecule has 3 nitrogen and oxygen atoms in total. The van der Waals surface area contributed by atoms with Crippen LogP contribution in [0.1, 0.15) is 47.8 Å². The van der Waals surface area contributed by atoms with Crippen LogP contribution in [-0.4, -0.2) is 10.8 Å². The second kappa shape index (κ2) is 9.79. The lowest BCUT2D eigenvalue weighted by Gasteiger charge is -2.21. The summed E-state index contributed by atoms with van der Waals surface area (Å²) in [6, 6.07) is 33.7. The fourth-order valence-corrected chi connectivity index (χ4v) is 4.36. The van der Waals surface area contributed by atoms with Gasteiger partial charge >= 0.3 is 0 Å². The van der Waals surface area contributed by atoms with Gasteiger partial charge in [-0.3, -0.25) is 9.78 Å². The van der Waals surface area contributed by atoms with Crippen LogP contribution in [0.5, 0.6) is 5.75 Å². The summed E-state index contributed by atoms with van der Waals surface area (Å²) >= 11 is 0. The van der Waals surface area contributed by atoms with Gasteiger partial charge in [0.2, 0.25) is 0 Å². The number of hydrogen-bond donors (Lipinski definition) is 0. The van der Waals surface area contributed by atoms with Gasteiger partial charge in [0.05, 0.1) is 11.1 Å². The number of para-hydroxylation sites is 1. The standard InChI is InChI=1S/C33H29NO2/c1-33(2,3)27-20-26-15-10-18-34-31(26)29(21-27)25-14-9-11-23(19-25)22-36-30-17-8-7-16-28(30)32(35)24-12-5-4-6-13-24/h4-21H,22H2,1-3H3. The van der Waals surface area contributed by atoms with Crippen molar-refractivity contribution in [1.82, 2.24) is 4.98 Å². The second-order valence-corrected chi connectivity index (χ2v) is 10.0. The van der Waals surface area contributed by atoms with Crippen LogP contribution in [-0.2, 0) is 12.0 Å². The zero-order valence-corrected chi connectivity index (χ0v) is 20.9. The van der Waals surface area contributed by atoms with Crippen LogP contribution in [0.25, 0.3) is 22.0 Å². The molecule has 0 atom stereocenters. The number of rotatable bonds is 6. The van der Waals surface area contributed by atoms with Crippen molar-refractivity contribution in [3.63, 3.8) is 0 Å². The van der Waals surface area contributed by atoms with Crippen molar-refractivity contribution in [2.24, 2.45) is 0 Å². The smallest absolute Gasteiger partial charge is 0.196 e. The molecule has 0 saturated heterocycles. The minimum atomic E-state index is -0.0449. The van der Waals surface area contributed by atoms with E-state index in [0.29, 0.717) is 23.5 Å². The normalized spacial score (nSPS) is 11.4.